The van der Waals surface area contributed by atoms with Crippen LogP contribution in [0.25, 0.3) is 0 Å². The van der Waals surface area contributed by atoms with Crippen LogP contribution in [0, 0.1) is 5.92 Å². The predicted molar refractivity (Wildman–Crippen MR) is 58.5 cm³/mol. The maximum atomic E-state index is 9.09. The van der Waals surface area contributed by atoms with Gasteiger partial charge in [0.05, 0.1) is 25.4 Å². The summed E-state index contributed by atoms with van der Waals surface area (Å²) in [6, 6.07) is 0. The molecule has 0 aromatic heterocycles. The third-order valence-corrected chi connectivity index (χ3v) is 1.86. The smallest absolute Gasteiger partial charge is 0.181 e. The normalized spacial score (nSPS) is 16.0. The Labute approximate surface area is 92.2 Å². The van der Waals surface area contributed by atoms with Crippen molar-refractivity contribution < 1.29 is 19.7 Å². The van der Waals surface area contributed by atoms with Crippen molar-refractivity contribution in [1.82, 2.24) is 0 Å². The van der Waals surface area contributed by atoms with E-state index in [-0.39, 0.29) is 25.4 Å². The van der Waals surface area contributed by atoms with Gasteiger partial charge in [-0.2, -0.15) is 0 Å². The molecule has 4 heteroatoms. The zero-order valence-corrected chi connectivity index (χ0v) is 10.1. The van der Waals surface area contributed by atoms with Gasteiger partial charge in [-0.15, -0.1) is 0 Å². The van der Waals surface area contributed by atoms with E-state index in [1.165, 1.54) is 0 Å². The molecule has 2 N–H and O–H groups in total. The van der Waals surface area contributed by atoms with E-state index in [1.807, 2.05) is 13.8 Å². The van der Waals surface area contributed by atoms with E-state index in [9.17, 15) is 0 Å². The van der Waals surface area contributed by atoms with E-state index >= 15 is 0 Å². The molecule has 0 radical (unpaired) electrons. The van der Waals surface area contributed by atoms with Crippen LogP contribution in [-0.4, -0.2) is 41.9 Å². The second-order valence-electron chi connectivity index (χ2n) is 4.37. The first kappa shape index (κ1) is 14.8. The second kappa shape index (κ2) is 8.05. The molecule has 0 amide bonds. The van der Waals surface area contributed by atoms with E-state index in [1.54, 1.807) is 0 Å². The van der Waals surface area contributed by atoms with Crippen LogP contribution in [0.2, 0.25) is 0 Å². The Morgan fingerprint density at radius 2 is 1.53 bits per heavy atom. The lowest BCUT2D eigenvalue weighted by atomic mass is 10.1. The minimum atomic E-state index is -0.638. The molecule has 4 nitrogen and oxygen atoms in total. The minimum absolute atomic E-state index is 0.000503. The Balaban J connectivity index is 3.99. The Morgan fingerprint density at radius 1 is 0.933 bits per heavy atom. The highest BCUT2D eigenvalue weighted by Gasteiger charge is 2.18. The molecule has 0 bridgehead atoms. The quantitative estimate of drug-likeness (QED) is 0.602. The summed E-state index contributed by atoms with van der Waals surface area (Å²) in [7, 11) is 0. The van der Waals surface area contributed by atoms with Gasteiger partial charge in [0.2, 0.25) is 0 Å². The Morgan fingerprint density at radius 3 is 1.87 bits per heavy atom. The average molecular weight is 220 g/mol. The van der Waals surface area contributed by atoms with Crippen molar-refractivity contribution in [1.29, 1.82) is 0 Å². The van der Waals surface area contributed by atoms with Gasteiger partial charge in [0, 0.05) is 0 Å². The number of rotatable bonds is 8. The first-order valence-electron chi connectivity index (χ1n) is 5.52. The SMILES string of the molecule is CC(C)CC(CO)OC(CO)OC(C)C. The fraction of sp³-hybridized carbons (Fsp3) is 1.00. The molecular formula is C11H24O4. The average Bonchev–Trinajstić information content (AvgIpc) is 2.14. The molecule has 0 aliphatic carbocycles. The van der Waals surface area contributed by atoms with E-state index < -0.39 is 6.29 Å². The summed E-state index contributed by atoms with van der Waals surface area (Å²) in [5.41, 5.74) is 0. The van der Waals surface area contributed by atoms with E-state index in [2.05, 4.69) is 13.8 Å². The summed E-state index contributed by atoms with van der Waals surface area (Å²) >= 11 is 0. The Bertz CT molecular complexity index is 132. The van der Waals surface area contributed by atoms with Crippen LogP contribution in [0.15, 0.2) is 0 Å². The molecule has 2 unspecified atom stereocenters. The monoisotopic (exact) mass is 220 g/mol. The van der Waals surface area contributed by atoms with Gasteiger partial charge in [0.25, 0.3) is 0 Å². The van der Waals surface area contributed by atoms with E-state index in [4.69, 9.17) is 19.7 Å². The zero-order chi connectivity index (χ0) is 11.8. The van der Waals surface area contributed by atoms with Crippen molar-refractivity contribution in [3.63, 3.8) is 0 Å². The van der Waals surface area contributed by atoms with Gasteiger partial charge in [0.15, 0.2) is 6.29 Å². The fourth-order valence-corrected chi connectivity index (χ4v) is 1.34. The number of hydrogen-bond acceptors (Lipinski definition) is 4. The molecule has 0 rings (SSSR count). The molecule has 15 heavy (non-hydrogen) atoms. The molecule has 0 heterocycles. The number of aliphatic hydroxyl groups excluding tert-OH is 2. The molecule has 0 saturated carbocycles. The maximum Gasteiger partial charge on any atom is 0.181 e. The second-order valence-corrected chi connectivity index (χ2v) is 4.37. The Hall–Kier alpha value is -0.160. The van der Waals surface area contributed by atoms with Crippen LogP contribution in [0.4, 0.5) is 0 Å². The molecule has 0 aliphatic rings. The summed E-state index contributed by atoms with van der Waals surface area (Å²) in [4.78, 5) is 0. The fourth-order valence-electron chi connectivity index (χ4n) is 1.34. The minimum Gasteiger partial charge on any atom is -0.394 e. The van der Waals surface area contributed by atoms with Crippen molar-refractivity contribution in [3.8, 4) is 0 Å². The van der Waals surface area contributed by atoms with Crippen molar-refractivity contribution in [2.45, 2.75) is 52.6 Å². The molecule has 0 aromatic rings. The van der Waals surface area contributed by atoms with Gasteiger partial charge in [-0.3, -0.25) is 0 Å². The van der Waals surface area contributed by atoms with Crippen molar-refractivity contribution in [2.24, 2.45) is 5.92 Å². The topological polar surface area (TPSA) is 58.9 Å². The Kier molecular flexibility index (Phi) is 7.96. The summed E-state index contributed by atoms with van der Waals surface area (Å²) in [6.45, 7) is 7.64. The molecule has 0 fully saturated rings. The van der Waals surface area contributed by atoms with Crippen LogP contribution in [0.5, 0.6) is 0 Å². The van der Waals surface area contributed by atoms with Crippen LogP contribution in [0.3, 0.4) is 0 Å². The third-order valence-electron chi connectivity index (χ3n) is 1.86. The molecule has 0 aliphatic heterocycles. The summed E-state index contributed by atoms with van der Waals surface area (Å²) in [5.74, 6) is 0.445. The van der Waals surface area contributed by atoms with Gasteiger partial charge in [0.1, 0.15) is 0 Å². The number of hydrogen-bond donors (Lipinski definition) is 2. The lowest BCUT2D eigenvalue weighted by Crippen LogP contribution is -2.32. The summed E-state index contributed by atoms with van der Waals surface area (Å²) in [6.07, 6.45) is -0.142. The highest BCUT2D eigenvalue weighted by atomic mass is 16.7. The molecule has 0 saturated heterocycles. The summed E-state index contributed by atoms with van der Waals surface area (Å²) in [5, 5.41) is 18.1. The standard InChI is InChI=1S/C11H24O4/c1-8(2)5-10(6-12)15-11(7-13)14-9(3)4/h8-13H,5-7H2,1-4H3. The molecule has 92 valence electrons. The van der Waals surface area contributed by atoms with Gasteiger partial charge in [-0.1, -0.05) is 13.8 Å². The van der Waals surface area contributed by atoms with Crippen LogP contribution in [-0.2, 0) is 9.47 Å². The van der Waals surface area contributed by atoms with Crippen molar-refractivity contribution in [2.75, 3.05) is 13.2 Å². The molecule has 2 atom stereocenters. The van der Waals surface area contributed by atoms with Gasteiger partial charge in [-0.25, -0.2) is 0 Å². The first-order valence-corrected chi connectivity index (χ1v) is 5.52. The first-order chi connectivity index (χ1) is 6.99. The third kappa shape index (κ3) is 7.73. The van der Waals surface area contributed by atoms with Crippen LogP contribution < -0.4 is 0 Å². The van der Waals surface area contributed by atoms with E-state index in [0.717, 1.165) is 6.42 Å². The van der Waals surface area contributed by atoms with Crippen molar-refractivity contribution >= 4 is 0 Å². The highest BCUT2D eigenvalue weighted by molar-refractivity contribution is 4.60. The number of aliphatic hydroxyl groups is 2. The van der Waals surface area contributed by atoms with Crippen molar-refractivity contribution in [3.05, 3.63) is 0 Å². The molecule has 0 spiro atoms. The molecular weight excluding hydrogens is 196 g/mol. The van der Waals surface area contributed by atoms with Crippen LogP contribution >= 0.6 is 0 Å². The maximum absolute atomic E-state index is 9.09. The lowest BCUT2D eigenvalue weighted by molar-refractivity contribution is -0.211. The van der Waals surface area contributed by atoms with Gasteiger partial charge < -0.3 is 19.7 Å². The van der Waals surface area contributed by atoms with Gasteiger partial charge in [-0.05, 0) is 26.2 Å². The van der Waals surface area contributed by atoms with Crippen LogP contribution in [0.1, 0.15) is 34.1 Å². The number of ether oxygens (including phenoxy) is 2. The molecule has 0 aromatic carbocycles. The lowest BCUT2D eigenvalue weighted by Gasteiger charge is -2.25. The largest absolute Gasteiger partial charge is 0.394 e. The van der Waals surface area contributed by atoms with Gasteiger partial charge >= 0.3 is 0 Å². The zero-order valence-electron chi connectivity index (χ0n) is 10.1. The predicted octanol–water partition coefficient (Wildman–Crippen LogP) is 1.15. The highest BCUT2D eigenvalue weighted by Crippen LogP contribution is 2.11. The summed E-state index contributed by atoms with van der Waals surface area (Å²) < 4.78 is 10.8. The van der Waals surface area contributed by atoms with E-state index in [0.29, 0.717) is 5.92 Å².